The van der Waals surface area contributed by atoms with E-state index in [9.17, 15) is 14.4 Å². The summed E-state index contributed by atoms with van der Waals surface area (Å²) in [4.78, 5) is 37.1. The molecule has 6 nitrogen and oxygen atoms in total. The number of nitrogens with one attached hydrogen (secondary N) is 2. The fraction of sp³-hybridized carbons (Fsp3) is 0.250. The second-order valence-electron chi connectivity index (χ2n) is 6.25. The first-order valence-corrected chi connectivity index (χ1v) is 9.40. The summed E-state index contributed by atoms with van der Waals surface area (Å²) >= 11 is 1.32. The van der Waals surface area contributed by atoms with Crippen LogP contribution in [0.3, 0.4) is 0 Å². The van der Waals surface area contributed by atoms with Gasteiger partial charge in [-0.05, 0) is 43.2 Å². The summed E-state index contributed by atoms with van der Waals surface area (Å²) in [6.45, 7) is 3.48. The van der Waals surface area contributed by atoms with E-state index < -0.39 is 17.1 Å². The van der Waals surface area contributed by atoms with Gasteiger partial charge in [-0.25, -0.2) is 0 Å². The maximum absolute atomic E-state index is 12.1. The van der Waals surface area contributed by atoms with Crippen LogP contribution in [0.2, 0.25) is 0 Å². The lowest BCUT2D eigenvalue weighted by Gasteiger charge is -2.23. The average molecular weight is 384 g/mol. The van der Waals surface area contributed by atoms with Crippen LogP contribution in [0.25, 0.3) is 0 Å². The van der Waals surface area contributed by atoms with E-state index in [0.717, 1.165) is 21.7 Å². The molecule has 0 saturated heterocycles. The van der Waals surface area contributed by atoms with Crippen LogP contribution in [0.1, 0.15) is 17.5 Å². The van der Waals surface area contributed by atoms with Gasteiger partial charge in [-0.1, -0.05) is 24.3 Å². The van der Waals surface area contributed by atoms with Gasteiger partial charge in [-0.15, -0.1) is 11.8 Å². The van der Waals surface area contributed by atoms with Crippen LogP contribution in [0.5, 0.6) is 0 Å². The Kier molecular flexibility index (Phi) is 5.81. The van der Waals surface area contributed by atoms with E-state index in [1.165, 1.54) is 11.8 Å². The molecule has 27 heavy (non-hydrogen) atoms. The van der Waals surface area contributed by atoms with Crippen LogP contribution in [-0.4, -0.2) is 29.6 Å². The van der Waals surface area contributed by atoms with Crippen molar-refractivity contribution in [3.63, 3.8) is 0 Å². The first kappa shape index (κ1) is 19.0. The highest BCUT2D eigenvalue weighted by molar-refractivity contribution is 8.01. The Labute approximate surface area is 161 Å². The molecule has 0 bridgehead atoms. The Balaban J connectivity index is 1.50. The summed E-state index contributed by atoms with van der Waals surface area (Å²) < 4.78 is 5.04. The predicted molar refractivity (Wildman–Crippen MR) is 105 cm³/mol. The summed E-state index contributed by atoms with van der Waals surface area (Å²) in [5.74, 6) is -1.24. The molecule has 1 aliphatic rings. The van der Waals surface area contributed by atoms with Crippen molar-refractivity contribution in [1.82, 2.24) is 0 Å². The Morgan fingerprint density at radius 2 is 1.93 bits per heavy atom. The van der Waals surface area contributed by atoms with Crippen LogP contribution in [-0.2, 0) is 19.1 Å². The molecule has 2 N–H and O–H groups in total. The highest BCUT2D eigenvalue weighted by Crippen LogP contribution is 2.36. The van der Waals surface area contributed by atoms with Crippen LogP contribution in [0, 0.1) is 13.8 Å². The van der Waals surface area contributed by atoms with Gasteiger partial charge in [0.25, 0.3) is 5.91 Å². The summed E-state index contributed by atoms with van der Waals surface area (Å²) in [6.07, 6.45) is -0.0956. The largest absolute Gasteiger partial charge is 0.456 e. The van der Waals surface area contributed by atoms with Gasteiger partial charge in [0.2, 0.25) is 5.91 Å². The molecule has 1 heterocycles. The van der Waals surface area contributed by atoms with Crippen LogP contribution >= 0.6 is 11.8 Å². The van der Waals surface area contributed by atoms with E-state index >= 15 is 0 Å². The van der Waals surface area contributed by atoms with E-state index in [0.29, 0.717) is 5.69 Å². The highest BCUT2D eigenvalue weighted by atomic mass is 32.2. The number of carbonyl (C=O) groups excluding carboxylic acids is 3. The van der Waals surface area contributed by atoms with Crippen molar-refractivity contribution in [3.05, 3.63) is 53.6 Å². The maximum Gasteiger partial charge on any atom is 0.307 e. The number of thioether (sulfide) groups is 1. The second kappa shape index (κ2) is 8.26. The number of amides is 2. The topological polar surface area (TPSA) is 84.5 Å². The van der Waals surface area contributed by atoms with Crippen molar-refractivity contribution in [3.8, 4) is 0 Å². The fourth-order valence-corrected chi connectivity index (χ4v) is 3.75. The van der Waals surface area contributed by atoms with Crippen molar-refractivity contribution in [2.75, 3.05) is 17.2 Å². The Bertz CT molecular complexity index is 897. The Hall–Kier alpha value is -2.80. The lowest BCUT2D eigenvalue weighted by atomic mass is 10.1. The first-order valence-electron chi connectivity index (χ1n) is 8.52. The van der Waals surface area contributed by atoms with Gasteiger partial charge >= 0.3 is 5.97 Å². The van der Waals surface area contributed by atoms with Gasteiger partial charge in [-0.2, -0.15) is 0 Å². The number of hydrogen-bond donors (Lipinski definition) is 2. The lowest BCUT2D eigenvalue weighted by molar-refractivity contribution is -0.147. The molecule has 7 heteroatoms. The van der Waals surface area contributed by atoms with Crippen LogP contribution in [0.4, 0.5) is 11.4 Å². The van der Waals surface area contributed by atoms with Crippen molar-refractivity contribution in [2.24, 2.45) is 0 Å². The summed E-state index contributed by atoms with van der Waals surface area (Å²) in [7, 11) is 0. The van der Waals surface area contributed by atoms with Crippen molar-refractivity contribution in [1.29, 1.82) is 0 Å². The van der Waals surface area contributed by atoms with E-state index in [1.54, 1.807) is 6.07 Å². The molecule has 0 aromatic heterocycles. The predicted octanol–water partition coefficient (Wildman–Crippen LogP) is 3.29. The quantitative estimate of drug-likeness (QED) is 0.773. The van der Waals surface area contributed by atoms with Crippen molar-refractivity contribution in [2.45, 2.75) is 30.4 Å². The number of rotatable bonds is 5. The highest BCUT2D eigenvalue weighted by Gasteiger charge is 2.29. The average Bonchev–Trinajstić information content (AvgIpc) is 2.64. The van der Waals surface area contributed by atoms with E-state index in [1.807, 2.05) is 50.2 Å². The third-order valence-corrected chi connectivity index (χ3v) is 5.58. The molecule has 1 atom stereocenters. The third-order valence-electron chi connectivity index (χ3n) is 4.30. The SMILES string of the molecule is Cc1cccc(NC(=O)COC(=O)C[C@H]2Sc3ccccc3NC2=O)c1C. The molecule has 140 valence electrons. The van der Waals surface area contributed by atoms with Gasteiger partial charge in [-0.3, -0.25) is 14.4 Å². The number of ether oxygens (including phenoxy) is 1. The summed E-state index contributed by atoms with van der Waals surface area (Å²) in [6, 6.07) is 13.0. The molecule has 0 saturated carbocycles. The Morgan fingerprint density at radius 3 is 2.74 bits per heavy atom. The lowest BCUT2D eigenvalue weighted by Crippen LogP contribution is -2.32. The maximum atomic E-state index is 12.1. The molecule has 0 unspecified atom stereocenters. The third kappa shape index (κ3) is 4.68. The molecule has 0 aliphatic carbocycles. The van der Waals surface area contributed by atoms with Gasteiger partial charge in [0.1, 0.15) is 0 Å². The number of para-hydroxylation sites is 1. The zero-order valence-corrected chi connectivity index (χ0v) is 15.9. The first-order chi connectivity index (χ1) is 12.9. The number of aryl methyl sites for hydroxylation is 1. The molecule has 1 aliphatic heterocycles. The second-order valence-corrected chi connectivity index (χ2v) is 7.50. The minimum atomic E-state index is -0.585. The molecule has 3 rings (SSSR count). The zero-order valence-electron chi connectivity index (χ0n) is 15.1. The standard InChI is InChI=1S/C20H20N2O4S/c1-12-6-5-8-14(13(12)2)21-18(23)11-26-19(24)10-17-20(25)22-15-7-3-4-9-16(15)27-17/h3-9,17H,10-11H2,1-2H3,(H,21,23)(H,22,25)/t17-/m1/s1. The normalized spacial score (nSPS) is 15.5. The molecule has 0 fully saturated rings. The smallest absolute Gasteiger partial charge is 0.307 e. The molecule has 0 radical (unpaired) electrons. The number of hydrogen-bond acceptors (Lipinski definition) is 5. The van der Waals surface area contributed by atoms with E-state index in [4.69, 9.17) is 4.74 Å². The van der Waals surface area contributed by atoms with Crippen LogP contribution in [0.15, 0.2) is 47.4 Å². The molecule has 0 spiro atoms. The minimum absolute atomic E-state index is 0.0956. The monoisotopic (exact) mass is 384 g/mol. The summed E-state index contributed by atoms with van der Waals surface area (Å²) in [5.41, 5.74) is 3.46. The summed E-state index contributed by atoms with van der Waals surface area (Å²) in [5, 5.41) is 4.93. The molecular formula is C20H20N2O4S. The van der Waals surface area contributed by atoms with Crippen LogP contribution < -0.4 is 10.6 Å². The molecule has 2 aromatic rings. The fourth-order valence-electron chi connectivity index (χ4n) is 2.66. The van der Waals surface area contributed by atoms with E-state index in [2.05, 4.69) is 10.6 Å². The van der Waals surface area contributed by atoms with Gasteiger partial charge < -0.3 is 15.4 Å². The zero-order chi connectivity index (χ0) is 19.4. The van der Waals surface area contributed by atoms with Crippen molar-refractivity contribution < 1.29 is 19.1 Å². The number of fused-ring (bicyclic) bond motifs is 1. The molecule has 2 aromatic carbocycles. The van der Waals surface area contributed by atoms with E-state index in [-0.39, 0.29) is 18.9 Å². The number of anilines is 2. The number of esters is 1. The van der Waals surface area contributed by atoms with Gasteiger partial charge in [0.05, 0.1) is 17.4 Å². The minimum Gasteiger partial charge on any atom is -0.456 e. The van der Waals surface area contributed by atoms with Gasteiger partial charge in [0.15, 0.2) is 6.61 Å². The number of benzene rings is 2. The molecular weight excluding hydrogens is 364 g/mol. The molecule has 2 amide bonds. The number of carbonyl (C=O) groups is 3. The Morgan fingerprint density at radius 1 is 1.15 bits per heavy atom. The van der Waals surface area contributed by atoms with Crippen molar-refractivity contribution >= 4 is 40.9 Å². The van der Waals surface area contributed by atoms with Gasteiger partial charge in [0, 0.05) is 10.6 Å².